The molecule has 0 unspecified atom stereocenters. The lowest BCUT2D eigenvalue weighted by Gasteiger charge is -2.25. The highest BCUT2D eigenvalue weighted by molar-refractivity contribution is 5.87. The summed E-state index contributed by atoms with van der Waals surface area (Å²) in [6, 6.07) is 6.53. The molecule has 0 spiro atoms. The molecule has 0 aromatic heterocycles. The van der Waals surface area contributed by atoms with Crippen molar-refractivity contribution in [1.82, 2.24) is 4.90 Å². The number of aryl methyl sites for hydroxylation is 1. The topological polar surface area (TPSA) is 29.5 Å². The van der Waals surface area contributed by atoms with Crippen molar-refractivity contribution in [2.75, 3.05) is 19.7 Å². The van der Waals surface area contributed by atoms with Crippen molar-refractivity contribution in [3.05, 3.63) is 53.6 Å². The smallest absolute Gasteiger partial charge is 0.246 e. The first-order valence-corrected chi connectivity index (χ1v) is 8.70. The summed E-state index contributed by atoms with van der Waals surface area (Å²) in [7, 11) is 0. The molecule has 122 valence electrons. The number of hydrogen-bond acceptors (Lipinski definition) is 2. The number of rotatable bonds is 5. The predicted octanol–water partition coefficient (Wildman–Crippen LogP) is 3.68. The number of piperidine rings is 1. The zero-order valence-corrected chi connectivity index (χ0v) is 13.7. The molecule has 1 aromatic rings. The Labute approximate surface area is 138 Å². The van der Waals surface area contributed by atoms with Gasteiger partial charge in [0.15, 0.2) is 0 Å². The first kappa shape index (κ1) is 15.9. The van der Waals surface area contributed by atoms with Crippen molar-refractivity contribution in [2.45, 2.75) is 38.5 Å². The average Bonchev–Trinajstić information content (AvgIpc) is 3.06. The van der Waals surface area contributed by atoms with Gasteiger partial charge >= 0.3 is 0 Å². The molecule has 1 saturated heterocycles. The van der Waals surface area contributed by atoms with E-state index >= 15 is 0 Å². The van der Waals surface area contributed by atoms with E-state index in [1.807, 2.05) is 17.1 Å². The van der Waals surface area contributed by atoms with Gasteiger partial charge in [-0.15, -0.1) is 0 Å². The van der Waals surface area contributed by atoms with E-state index in [-0.39, 0.29) is 5.91 Å². The minimum Gasteiger partial charge on any atom is -0.493 e. The molecule has 0 bridgehead atoms. The maximum atomic E-state index is 12.0. The first-order chi connectivity index (χ1) is 11.3. The number of carbonyl (C=O) groups excluding carboxylic acids is 1. The fourth-order valence-corrected chi connectivity index (χ4v) is 3.15. The molecular formula is C20H25NO2. The molecule has 0 radical (unpaired) electrons. The van der Waals surface area contributed by atoms with Crippen LogP contribution < -0.4 is 4.74 Å². The molecule has 0 atom stereocenters. The van der Waals surface area contributed by atoms with Crippen molar-refractivity contribution in [3.63, 3.8) is 0 Å². The Hall–Kier alpha value is -2.03. The summed E-state index contributed by atoms with van der Waals surface area (Å²) in [5, 5.41) is 0. The highest BCUT2D eigenvalue weighted by Gasteiger charge is 2.13. The SMILES string of the molecule is O=C(/C=C/C=C/CCc1ccc2c(c1)OCC2)N1CCCCC1. The van der Waals surface area contributed by atoms with Gasteiger partial charge in [0, 0.05) is 25.6 Å². The summed E-state index contributed by atoms with van der Waals surface area (Å²) in [4.78, 5) is 13.9. The van der Waals surface area contributed by atoms with Gasteiger partial charge in [-0.3, -0.25) is 4.79 Å². The zero-order valence-electron chi connectivity index (χ0n) is 13.7. The van der Waals surface area contributed by atoms with Gasteiger partial charge in [0.2, 0.25) is 5.91 Å². The predicted molar refractivity (Wildman–Crippen MR) is 92.7 cm³/mol. The Bertz CT molecular complexity index is 598. The Morgan fingerprint density at radius 2 is 2.04 bits per heavy atom. The second-order valence-corrected chi connectivity index (χ2v) is 6.25. The van der Waals surface area contributed by atoms with Crippen LogP contribution in [0.5, 0.6) is 5.75 Å². The van der Waals surface area contributed by atoms with Crippen LogP contribution >= 0.6 is 0 Å². The lowest BCUT2D eigenvalue weighted by Crippen LogP contribution is -2.34. The third-order valence-corrected chi connectivity index (χ3v) is 4.51. The van der Waals surface area contributed by atoms with Crippen LogP contribution in [0.2, 0.25) is 0 Å². The molecule has 2 heterocycles. The Kier molecular flexibility index (Phi) is 5.51. The van der Waals surface area contributed by atoms with Gasteiger partial charge in [-0.1, -0.05) is 30.4 Å². The van der Waals surface area contributed by atoms with E-state index in [0.717, 1.165) is 57.6 Å². The number of fused-ring (bicyclic) bond motifs is 1. The van der Waals surface area contributed by atoms with E-state index in [4.69, 9.17) is 4.74 Å². The van der Waals surface area contributed by atoms with Gasteiger partial charge in [0.1, 0.15) is 5.75 Å². The minimum atomic E-state index is 0.144. The van der Waals surface area contributed by atoms with Gasteiger partial charge in [0.25, 0.3) is 0 Å². The van der Waals surface area contributed by atoms with Crippen LogP contribution in [0.25, 0.3) is 0 Å². The molecule has 23 heavy (non-hydrogen) atoms. The molecule has 3 nitrogen and oxygen atoms in total. The number of carbonyl (C=O) groups is 1. The van der Waals surface area contributed by atoms with E-state index in [1.54, 1.807) is 6.08 Å². The standard InChI is InChI=1S/C20H25NO2/c22-20(21-13-6-3-7-14-21)9-5-2-1-4-8-17-10-11-18-12-15-23-19(18)16-17/h1-2,5,9-11,16H,3-4,6-8,12-15H2/b2-1+,9-5+. The van der Waals surface area contributed by atoms with E-state index in [1.165, 1.54) is 17.5 Å². The molecule has 1 amide bonds. The van der Waals surface area contributed by atoms with Gasteiger partial charge in [-0.05, 0) is 49.3 Å². The summed E-state index contributed by atoms with van der Waals surface area (Å²) < 4.78 is 5.60. The van der Waals surface area contributed by atoms with E-state index in [2.05, 4.69) is 24.3 Å². The summed E-state index contributed by atoms with van der Waals surface area (Å²) in [6.45, 7) is 2.63. The zero-order chi connectivity index (χ0) is 15.9. The number of ether oxygens (including phenoxy) is 1. The van der Waals surface area contributed by atoms with Crippen LogP contribution in [-0.4, -0.2) is 30.5 Å². The monoisotopic (exact) mass is 311 g/mol. The minimum absolute atomic E-state index is 0.144. The molecule has 0 N–H and O–H groups in total. The summed E-state index contributed by atoms with van der Waals surface area (Å²) in [6.07, 6.45) is 14.2. The van der Waals surface area contributed by atoms with Gasteiger partial charge in [0.05, 0.1) is 6.61 Å². The van der Waals surface area contributed by atoms with Gasteiger partial charge in [-0.2, -0.15) is 0 Å². The van der Waals surface area contributed by atoms with Crippen molar-refractivity contribution < 1.29 is 9.53 Å². The summed E-state index contributed by atoms with van der Waals surface area (Å²) in [5.41, 5.74) is 2.63. The summed E-state index contributed by atoms with van der Waals surface area (Å²) in [5.74, 6) is 1.20. The highest BCUT2D eigenvalue weighted by Crippen LogP contribution is 2.26. The number of amides is 1. The van der Waals surface area contributed by atoms with Crippen LogP contribution in [0.15, 0.2) is 42.5 Å². The fraction of sp³-hybridized carbons (Fsp3) is 0.450. The molecule has 2 aliphatic heterocycles. The molecule has 2 aliphatic rings. The largest absolute Gasteiger partial charge is 0.493 e. The molecule has 0 aliphatic carbocycles. The average molecular weight is 311 g/mol. The quantitative estimate of drug-likeness (QED) is 0.613. The number of hydrogen-bond donors (Lipinski definition) is 0. The normalized spacial score (nSPS) is 17.7. The molecule has 3 heteroatoms. The van der Waals surface area contributed by atoms with Crippen molar-refractivity contribution in [3.8, 4) is 5.75 Å². The molecule has 0 saturated carbocycles. The lowest BCUT2D eigenvalue weighted by atomic mass is 10.1. The second-order valence-electron chi connectivity index (χ2n) is 6.25. The molecule has 1 aromatic carbocycles. The maximum absolute atomic E-state index is 12.0. The first-order valence-electron chi connectivity index (χ1n) is 8.70. The number of allylic oxidation sites excluding steroid dienone is 3. The van der Waals surface area contributed by atoms with Crippen LogP contribution in [0.4, 0.5) is 0 Å². The molecule has 1 fully saturated rings. The van der Waals surface area contributed by atoms with Crippen LogP contribution in [-0.2, 0) is 17.6 Å². The highest BCUT2D eigenvalue weighted by atomic mass is 16.5. The van der Waals surface area contributed by atoms with Crippen LogP contribution in [0.3, 0.4) is 0 Å². The number of benzene rings is 1. The number of likely N-dealkylation sites (tertiary alicyclic amines) is 1. The van der Waals surface area contributed by atoms with Gasteiger partial charge in [-0.25, -0.2) is 0 Å². The fourth-order valence-electron chi connectivity index (χ4n) is 3.15. The lowest BCUT2D eigenvalue weighted by molar-refractivity contribution is -0.126. The van der Waals surface area contributed by atoms with E-state index in [0.29, 0.717) is 0 Å². The van der Waals surface area contributed by atoms with E-state index < -0.39 is 0 Å². The van der Waals surface area contributed by atoms with Gasteiger partial charge < -0.3 is 9.64 Å². The Morgan fingerprint density at radius 1 is 1.17 bits per heavy atom. The van der Waals surface area contributed by atoms with Crippen LogP contribution in [0, 0.1) is 0 Å². The summed E-state index contributed by atoms with van der Waals surface area (Å²) >= 11 is 0. The molecule has 3 rings (SSSR count). The van der Waals surface area contributed by atoms with Crippen molar-refractivity contribution in [2.24, 2.45) is 0 Å². The second kappa shape index (κ2) is 8.00. The van der Waals surface area contributed by atoms with E-state index in [9.17, 15) is 4.79 Å². The Morgan fingerprint density at radius 3 is 2.91 bits per heavy atom. The van der Waals surface area contributed by atoms with Crippen molar-refractivity contribution in [1.29, 1.82) is 0 Å². The maximum Gasteiger partial charge on any atom is 0.246 e. The Balaban J connectivity index is 1.40. The molecular weight excluding hydrogens is 286 g/mol. The third kappa shape index (κ3) is 4.47. The number of nitrogens with zero attached hydrogens (tertiary/aromatic N) is 1. The van der Waals surface area contributed by atoms with Crippen LogP contribution in [0.1, 0.15) is 36.8 Å². The van der Waals surface area contributed by atoms with Crippen molar-refractivity contribution >= 4 is 5.91 Å². The third-order valence-electron chi connectivity index (χ3n) is 4.51.